The number of benzene rings is 1. The van der Waals surface area contributed by atoms with Crippen LogP contribution in [0.1, 0.15) is 29.4 Å². The van der Waals surface area contributed by atoms with E-state index < -0.39 is 48.7 Å². The summed E-state index contributed by atoms with van der Waals surface area (Å²) in [6.45, 7) is -0.191. The van der Waals surface area contributed by atoms with E-state index in [1.807, 2.05) is 6.92 Å². The van der Waals surface area contributed by atoms with E-state index in [0.717, 1.165) is 18.3 Å². The van der Waals surface area contributed by atoms with Crippen LogP contribution >= 0.6 is 0 Å². The second kappa shape index (κ2) is 8.80. The molecule has 192 valence electrons. The molecule has 3 aliphatic heterocycles. The van der Waals surface area contributed by atoms with Gasteiger partial charge in [0.1, 0.15) is 29.8 Å². The number of nitrogens with two attached hydrogens (primary N) is 1. The number of aliphatic imine (C=N–C) groups is 1. The molecule has 36 heavy (non-hydrogen) atoms. The quantitative estimate of drug-likeness (QED) is 0.607. The zero-order valence-corrected chi connectivity index (χ0v) is 19.0. The molecule has 1 aromatic heterocycles. The van der Waals surface area contributed by atoms with E-state index in [1.165, 1.54) is 12.1 Å². The molecule has 2 aromatic rings. The van der Waals surface area contributed by atoms with Crippen LogP contribution in [-0.4, -0.2) is 55.1 Å². The topological polar surface area (TPSA) is 117 Å². The van der Waals surface area contributed by atoms with Gasteiger partial charge in [0.2, 0.25) is 0 Å². The van der Waals surface area contributed by atoms with E-state index in [1.54, 1.807) is 0 Å². The molecule has 0 radical (unpaired) electrons. The lowest BCUT2D eigenvalue weighted by Gasteiger charge is -2.46. The number of carbonyl (C=O) groups is 1. The molecule has 1 amide bonds. The number of aromatic nitrogens is 1. The van der Waals surface area contributed by atoms with E-state index in [2.05, 4.69) is 20.0 Å². The smallest absolute Gasteiger partial charge is 0.433 e. The van der Waals surface area contributed by atoms with Gasteiger partial charge in [-0.25, -0.2) is 18.8 Å². The number of nitrogens with zero attached hydrogens (tertiary/aromatic N) is 2. The maximum absolute atomic E-state index is 15.1. The van der Waals surface area contributed by atoms with E-state index in [0.29, 0.717) is 6.42 Å². The molecule has 5 rings (SSSR count). The molecular weight excluding hydrogens is 488 g/mol. The van der Waals surface area contributed by atoms with Crippen molar-refractivity contribution < 1.29 is 41.3 Å². The number of amidine groups is 1. The Kier molecular flexibility index (Phi) is 5.89. The first-order valence-corrected chi connectivity index (χ1v) is 11.1. The molecule has 3 aliphatic rings. The average Bonchev–Trinajstić information content (AvgIpc) is 2.83. The number of halogens is 4. The lowest BCUT2D eigenvalue weighted by atomic mass is 9.73. The number of ether oxygens (including phenoxy) is 4. The summed E-state index contributed by atoms with van der Waals surface area (Å²) >= 11 is 0. The third kappa shape index (κ3) is 4.27. The number of alkyl halides is 3. The number of hydrogen-bond donors (Lipinski definition) is 2. The number of pyridine rings is 1. The maximum Gasteiger partial charge on any atom is 0.433 e. The molecule has 0 unspecified atom stereocenters. The van der Waals surface area contributed by atoms with E-state index >= 15 is 4.39 Å². The Balaban J connectivity index is 1.44. The molecule has 0 saturated carbocycles. The number of anilines is 1. The fourth-order valence-corrected chi connectivity index (χ4v) is 4.65. The summed E-state index contributed by atoms with van der Waals surface area (Å²) in [5.41, 5.74) is 3.94. The van der Waals surface area contributed by atoms with E-state index in [4.69, 9.17) is 19.9 Å². The van der Waals surface area contributed by atoms with Crippen molar-refractivity contribution in [2.45, 2.75) is 37.2 Å². The lowest BCUT2D eigenvalue weighted by molar-refractivity contribution is -0.209. The van der Waals surface area contributed by atoms with Crippen molar-refractivity contribution in [2.75, 3.05) is 25.2 Å². The fourth-order valence-electron chi connectivity index (χ4n) is 4.65. The highest BCUT2D eigenvalue weighted by Gasteiger charge is 2.53. The van der Waals surface area contributed by atoms with Crippen LogP contribution in [0.25, 0.3) is 0 Å². The Hall–Kier alpha value is -3.61. The summed E-state index contributed by atoms with van der Waals surface area (Å²) in [7, 11) is 0. The van der Waals surface area contributed by atoms with Gasteiger partial charge in [-0.2, -0.15) is 8.78 Å². The van der Waals surface area contributed by atoms with Crippen LogP contribution in [0.4, 0.5) is 23.2 Å². The minimum Gasteiger partial charge on any atom is -0.479 e. The van der Waals surface area contributed by atoms with Crippen LogP contribution in [0, 0.1) is 11.7 Å². The van der Waals surface area contributed by atoms with Gasteiger partial charge in [0.05, 0.1) is 24.8 Å². The highest BCUT2D eigenvalue weighted by Crippen LogP contribution is 2.45. The summed E-state index contributed by atoms with van der Waals surface area (Å²) in [6, 6.07) is 4.50. The summed E-state index contributed by atoms with van der Waals surface area (Å²) in [5.74, 6) is -2.55. The number of fused-ring (bicyclic) bond motifs is 2. The summed E-state index contributed by atoms with van der Waals surface area (Å²) < 4.78 is 77.1. The minimum atomic E-state index is -3.51. The third-order valence-electron chi connectivity index (χ3n) is 6.38. The molecule has 0 spiro atoms. The Morgan fingerprint density at radius 1 is 1.28 bits per heavy atom. The van der Waals surface area contributed by atoms with Crippen LogP contribution in [0.15, 0.2) is 35.5 Å². The second-order valence-corrected chi connectivity index (χ2v) is 8.84. The minimum absolute atomic E-state index is 0.0721. The van der Waals surface area contributed by atoms with Gasteiger partial charge in [-0.1, -0.05) is 0 Å². The molecular formula is C23H22F4N4O5. The maximum atomic E-state index is 15.1. The van der Waals surface area contributed by atoms with Gasteiger partial charge >= 0.3 is 6.11 Å². The molecule has 13 heteroatoms. The zero-order valence-electron chi connectivity index (χ0n) is 19.0. The SMILES string of the molecule is C[C@@H]1C[C@H]2OC(N)=N[C@](CF)(c3cc(NC(=O)c4cc5c(cn4)OC(F)(F)CO5)ccc3F)[C@H]2CO1. The predicted molar refractivity (Wildman–Crippen MR) is 117 cm³/mol. The van der Waals surface area contributed by atoms with Gasteiger partial charge < -0.3 is 30.0 Å². The Labute approximate surface area is 202 Å². The van der Waals surface area contributed by atoms with Crippen LogP contribution in [-0.2, 0) is 15.0 Å². The van der Waals surface area contributed by atoms with Crippen molar-refractivity contribution in [3.63, 3.8) is 0 Å². The van der Waals surface area contributed by atoms with E-state index in [9.17, 15) is 18.0 Å². The monoisotopic (exact) mass is 510 g/mol. The number of carbonyl (C=O) groups excluding carboxylic acids is 1. The standard InChI is InChI=1S/C23H22F4N4O5/c1-11-4-17-14(8-33-11)22(9-24,31-21(28)35-17)13-5-12(2-3-15(13)25)30-20(32)16-6-18-19(7-29-16)36-23(26,27)10-34-18/h2-3,5-7,11,14,17H,4,8-10H2,1H3,(H2,28,31)(H,30,32)/t11-,14+,17-,22-/m1/s1. The van der Waals surface area contributed by atoms with Gasteiger partial charge in [-0.3, -0.25) is 4.79 Å². The van der Waals surface area contributed by atoms with Crippen molar-refractivity contribution in [3.8, 4) is 11.5 Å². The zero-order chi connectivity index (χ0) is 25.7. The van der Waals surface area contributed by atoms with Gasteiger partial charge in [0.15, 0.2) is 18.1 Å². The van der Waals surface area contributed by atoms with Crippen LogP contribution < -0.4 is 20.5 Å². The number of hydrogen-bond acceptors (Lipinski definition) is 8. The number of nitrogens with one attached hydrogen (secondary N) is 1. The molecule has 0 bridgehead atoms. The van der Waals surface area contributed by atoms with Crippen LogP contribution in [0.2, 0.25) is 0 Å². The van der Waals surface area contributed by atoms with Crippen molar-refractivity contribution in [1.29, 1.82) is 0 Å². The van der Waals surface area contributed by atoms with Crippen molar-refractivity contribution in [2.24, 2.45) is 16.6 Å². The highest BCUT2D eigenvalue weighted by atomic mass is 19.3. The average molecular weight is 510 g/mol. The largest absolute Gasteiger partial charge is 0.479 e. The van der Waals surface area contributed by atoms with Crippen molar-refractivity contribution >= 4 is 17.6 Å². The molecule has 1 aromatic carbocycles. The summed E-state index contributed by atoms with van der Waals surface area (Å²) in [4.78, 5) is 20.8. The molecule has 9 nitrogen and oxygen atoms in total. The molecule has 0 aliphatic carbocycles. The van der Waals surface area contributed by atoms with Gasteiger partial charge in [0.25, 0.3) is 11.9 Å². The fraction of sp³-hybridized carbons (Fsp3) is 0.435. The number of rotatable bonds is 4. The van der Waals surface area contributed by atoms with Crippen molar-refractivity contribution in [3.05, 3.63) is 47.5 Å². The summed E-state index contributed by atoms with van der Waals surface area (Å²) in [5, 5.41) is 2.54. The molecule has 1 fully saturated rings. The normalized spacial score (nSPS) is 28.4. The molecule has 3 N–H and O–H groups in total. The number of amides is 1. The lowest BCUT2D eigenvalue weighted by Crippen LogP contribution is -2.55. The Bertz CT molecular complexity index is 1230. The first kappa shape index (κ1) is 24.1. The first-order chi connectivity index (χ1) is 17.1. The molecule has 4 heterocycles. The summed E-state index contributed by atoms with van der Waals surface area (Å²) in [6.07, 6.45) is -2.84. The third-order valence-corrected chi connectivity index (χ3v) is 6.38. The van der Waals surface area contributed by atoms with Gasteiger partial charge in [0, 0.05) is 23.7 Å². The highest BCUT2D eigenvalue weighted by molar-refractivity contribution is 6.03. The Morgan fingerprint density at radius 2 is 2.08 bits per heavy atom. The van der Waals surface area contributed by atoms with Gasteiger partial charge in [-0.05, 0) is 25.1 Å². The molecule has 4 atom stereocenters. The van der Waals surface area contributed by atoms with Crippen LogP contribution in [0.5, 0.6) is 11.5 Å². The van der Waals surface area contributed by atoms with E-state index in [-0.39, 0.29) is 47.2 Å². The predicted octanol–water partition coefficient (Wildman–Crippen LogP) is 3.14. The van der Waals surface area contributed by atoms with Crippen LogP contribution in [0.3, 0.4) is 0 Å². The Morgan fingerprint density at radius 3 is 2.86 bits per heavy atom. The molecule has 1 saturated heterocycles. The first-order valence-electron chi connectivity index (χ1n) is 11.1. The van der Waals surface area contributed by atoms with Gasteiger partial charge in [-0.15, -0.1) is 0 Å². The second-order valence-electron chi connectivity index (χ2n) is 8.84. The van der Waals surface area contributed by atoms with Crippen molar-refractivity contribution in [1.82, 2.24) is 4.98 Å².